The molecule has 146 valence electrons. The summed E-state index contributed by atoms with van der Waals surface area (Å²) in [5.74, 6) is 2.43. The molecule has 0 aliphatic carbocycles. The quantitative estimate of drug-likeness (QED) is 0.546. The summed E-state index contributed by atoms with van der Waals surface area (Å²) < 4.78 is 5.83. The lowest BCUT2D eigenvalue weighted by Gasteiger charge is -2.26. The molecule has 0 spiro atoms. The summed E-state index contributed by atoms with van der Waals surface area (Å²) in [6.07, 6.45) is 5.28. The van der Waals surface area contributed by atoms with Crippen LogP contribution in [-0.2, 0) is 11.3 Å². The van der Waals surface area contributed by atoms with Crippen LogP contribution >= 0.6 is 11.8 Å². The Morgan fingerprint density at radius 2 is 2.08 bits per heavy atom. The van der Waals surface area contributed by atoms with E-state index in [0.29, 0.717) is 25.3 Å². The van der Waals surface area contributed by atoms with E-state index in [-0.39, 0.29) is 12.5 Å². The number of ether oxygens (including phenoxy) is 1. The molecule has 0 saturated carbocycles. The van der Waals surface area contributed by atoms with E-state index in [9.17, 15) is 4.79 Å². The molecule has 0 aromatic heterocycles. The molecular formula is C20H32N2O3S. The number of carbonyl (C=O) groups is 1. The summed E-state index contributed by atoms with van der Waals surface area (Å²) in [6, 6.07) is 8.35. The number of likely N-dealkylation sites (tertiary alicyclic amines) is 1. The summed E-state index contributed by atoms with van der Waals surface area (Å²) >= 11 is 1.60. The van der Waals surface area contributed by atoms with Gasteiger partial charge in [0, 0.05) is 31.0 Å². The van der Waals surface area contributed by atoms with E-state index < -0.39 is 0 Å². The van der Waals surface area contributed by atoms with Crippen molar-refractivity contribution in [2.24, 2.45) is 0 Å². The first kappa shape index (κ1) is 21.1. The third kappa shape index (κ3) is 8.92. The van der Waals surface area contributed by atoms with Gasteiger partial charge in [0.25, 0.3) is 0 Å². The van der Waals surface area contributed by atoms with Crippen LogP contribution in [0.15, 0.2) is 24.3 Å². The predicted molar refractivity (Wildman–Crippen MR) is 108 cm³/mol. The van der Waals surface area contributed by atoms with Crippen molar-refractivity contribution in [2.45, 2.75) is 38.6 Å². The molecule has 0 atom stereocenters. The highest BCUT2D eigenvalue weighted by Gasteiger charge is 2.10. The van der Waals surface area contributed by atoms with Gasteiger partial charge in [0.1, 0.15) is 5.75 Å². The molecule has 1 aromatic carbocycles. The zero-order valence-corrected chi connectivity index (χ0v) is 16.4. The topological polar surface area (TPSA) is 61.8 Å². The Bertz CT molecular complexity index is 522. The minimum absolute atomic E-state index is 0.0685. The number of aliphatic hydroxyl groups excluding tert-OH is 1. The van der Waals surface area contributed by atoms with Crippen LogP contribution in [-0.4, -0.2) is 60.3 Å². The summed E-state index contributed by atoms with van der Waals surface area (Å²) in [6.45, 7) is 4.81. The third-order valence-corrected chi connectivity index (χ3v) is 5.34. The van der Waals surface area contributed by atoms with E-state index in [1.807, 2.05) is 6.07 Å². The normalized spacial score (nSPS) is 15.0. The van der Waals surface area contributed by atoms with Gasteiger partial charge in [-0.1, -0.05) is 18.6 Å². The lowest BCUT2D eigenvalue weighted by atomic mass is 10.1. The Morgan fingerprint density at radius 3 is 2.88 bits per heavy atom. The number of nitrogens with zero attached hydrogens (tertiary/aromatic N) is 1. The van der Waals surface area contributed by atoms with Gasteiger partial charge in [-0.25, -0.2) is 0 Å². The summed E-state index contributed by atoms with van der Waals surface area (Å²) in [5, 5.41) is 11.6. The Morgan fingerprint density at radius 1 is 1.23 bits per heavy atom. The predicted octanol–water partition coefficient (Wildman–Crippen LogP) is 2.67. The fourth-order valence-corrected chi connectivity index (χ4v) is 3.68. The molecule has 1 amide bonds. The first-order valence-electron chi connectivity index (χ1n) is 9.67. The van der Waals surface area contributed by atoms with Crippen LogP contribution in [0.5, 0.6) is 5.75 Å². The highest BCUT2D eigenvalue weighted by Crippen LogP contribution is 2.17. The number of carbonyl (C=O) groups excluding carboxylic acids is 1. The Labute approximate surface area is 161 Å². The standard InChI is InChI=1S/C20H32N2O3S/c23-12-15-26-14-8-20(24)21-9-5-13-25-19-7-4-6-18(16-19)17-22-10-2-1-3-11-22/h4,6-7,16,23H,1-3,5,8-15,17H2,(H,21,24). The van der Waals surface area contributed by atoms with Gasteiger partial charge < -0.3 is 15.2 Å². The fraction of sp³-hybridized carbons (Fsp3) is 0.650. The average Bonchev–Trinajstić information content (AvgIpc) is 2.66. The van der Waals surface area contributed by atoms with Crippen molar-refractivity contribution in [2.75, 3.05) is 44.4 Å². The number of benzene rings is 1. The maximum Gasteiger partial charge on any atom is 0.220 e. The van der Waals surface area contributed by atoms with Gasteiger partial charge in [-0.3, -0.25) is 9.69 Å². The highest BCUT2D eigenvalue weighted by molar-refractivity contribution is 7.99. The molecule has 0 radical (unpaired) electrons. The minimum atomic E-state index is 0.0685. The maximum atomic E-state index is 11.6. The zero-order chi connectivity index (χ0) is 18.5. The van der Waals surface area contributed by atoms with Crippen LogP contribution in [0, 0.1) is 0 Å². The van der Waals surface area contributed by atoms with E-state index in [0.717, 1.165) is 24.5 Å². The molecule has 1 aromatic rings. The van der Waals surface area contributed by atoms with Gasteiger partial charge >= 0.3 is 0 Å². The van der Waals surface area contributed by atoms with E-state index in [4.69, 9.17) is 9.84 Å². The lowest BCUT2D eigenvalue weighted by molar-refractivity contribution is -0.120. The second-order valence-corrected chi connectivity index (χ2v) is 7.85. The molecule has 1 heterocycles. The summed E-state index contributed by atoms with van der Waals surface area (Å²) in [4.78, 5) is 14.2. The van der Waals surface area contributed by atoms with Gasteiger partial charge in [-0.15, -0.1) is 0 Å². The SMILES string of the molecule is O=C(CCSCCO)NCCCOc1cccc(CN2CCCCC2)c1. The van der Waals surface area contributed by atoms with Crippen molar-refractivity contribution in [3.05, 3.63) is 29.8 Å². The van der Waals surface area contributed by atoms with Gasteiger partial charge in [-0.2, -0.15) is 11.8 Å². The zero-order valence-electron chi connectivity index (χ0n) is 15.6. The largest absolute Gasteiger partial charge is 0.494 e. The van der Waals surface area contributed by atoms with Crippen LogP contribution in [0.4, 0.5) is 0 Å². The molecule has 1 aliphatic rings. The molecule has 0 unspecified atom stereocenters. The summed E-state index contributed by atoms with van der Waals surface area (Å²) in [5.41, 5.74) is 1.30. The van der Waals surface area contributed by atoms with Crippen LogP contribution in [0.2, 0.25) is 0 Å². The molecule has 0 bridgehead atoms. The monoisotopic (exact) mass is 380 g/mol. The number of nitrogens with one attached hydrogen (secondary N) is 1. The summed E-state index contributed by atoms with van der Waals surface area (Å²) in [7, 11) is 0. The smallest absolute Gasteiger partial charge is 0.220 e. The van der Waals surface area contributed by atoms with Crippen LogP contribution < -0.4 is 10.1 Å². The number of hydrogen-bond acceptors (Lipinski definition) is 5. The van der Waals surface area contributed by atoms with Gasteiger partial charge in [0.15, 0.2) is 0 Å². The molecular weight excluding hydrogens is 348 g/mol. The molecule has 26 heavy (non-hydrogen) atoms. The van der Waals surface area contributed by atoms with Gasteiger partial charge in [0.2, 0.25) is 5.91 Å². The van der Waals surface area contributed by atoms with E-state index in [1.54, 1.807) is 11.8 Å². The molecule has 5 nitrogen and oxygen atoms in total. The van der Waals surface area contributed by atoms with Gasteiger partial charge in [0.05, 0.1) is 13.2 Å². The molecule has 2 N–H and O–H groups in total. The van der Waals surface area contributed by atoms with Crippen molar-refractivity contribution in [3.63, 3.8) is 0 Å². The molecule has 1 saturated heterocycles. The Kier molecular flexibility index (Phi) is 10.5. The second kappa shape index (κ2) is 13.0. The van der Waals surface area contributed by atoms with Crippen LogP contribution in [0.25, 0.3) is 0 Å². The first-order valence-corrected chi connectivity index (χ1v) is 10.8. The van der Waals surface area contributed by atoms with Crippen LogP contribution in [0.1, 0.15) is 37.7 Å². The molecule has 1 aliphatic heterocycles. The highest BCUT2D eigenvalue weighted by atomic mass is 32.2. The van der Waals surface area contributed by atoms with Crippen molar-refractivity contribution in [1.29, 1.82) is 0 Å². The van der Waals surface area contributed by atoms with Crippen LogP contribution in [0.3, 0.4) is 0 Å². The number of hydrogen-bond donors (Lipinski definition) is 2. The van der Waals surface area contributed by atoms with E-state index in [2.05, 4.69) is 28.4 Å². The number of piperidine rings is 1. The Hall–Kier alpha value is -1.24. The number of aliphatic hydroxyl groups is 1. The van der Waals surface area contributed by atoms with Crippen molar-refractivity contribution in [3.8, 4) is 5.75 Å². The number of rotatable bonds is 12. The average molecular weight is 381 g/mol. The third-order valence-electron chi connectivity index (χ3n) is 4.37. The maximum absolute atomic E-state index is 11.6. The van der Waals surface area contributed by atoms with Crippen molar-refractivity contribution in [1.82, 2.24) is 10.2 Å². The molecule has 2 rings (SSSR count). The fourth-order valence-electron chi connectivity index (χ4n) is 3.02. The van der Waals surface area contributed by atoms with Crippen molar-refractivity contribution >= 4 is 17.7 Å². The minimum Gasteiger partial charge on any atom is -0.494 e. The molecule has 6 heteroatoms. The number of thioether (sulfide) groups is 1. The number of amides is 1. The second-order valence-electron chi connectivity index (χ2n) is 6.62. The Balaban J connectivity index is 1.57. The van der Waals surface area contributed by atoms with Gasteiger partial charge in [-0.05, 0) is 50.0 Å². The first-order chi connectivity index (χ1) is 12.8. The lowest BCUT2D eigenvalue weighted by Crippen LogP contribution is -2.29. The van der Waals surface area contributed by atoms with E-state index in [1.165, 1.54) is 37.9 Å². The van der Waals surface area contributed by atoms with Crippen molar-refractivity contribution < 1.29 is 14.6 Å². The van der Waals surface area contributed by atoms with E-state index >= 15 is 0 Å². The molecule has 1 fully saturated rings.